The van der Waals surface area contributed by atoms with Gasteiger partial charge in [-0.3, -0.25) is 0 Å². The molecule has 4 aromatic rings. The molecule has 0 saturated carbocycles. The zero-order valence-corrected chi connectivity index (χ0v) is 19.7. The molecule has 188 valence electrons. The summed E-state index contributed by atoms with van der Waals surface area (Å²) >= 11 is 0. The van der Waals surface area contributed by atoms with Crippen molar-refractivity contribution in [3.8, 4) is 0 Å². The third-order valence-corrected chi connectivity index (χ3v) is 6.56. The first-order chi connectivity index (χ1) is 16.9. The normalized spacial score (nSPS) is 12.1. The number of nitrogens with zero attached hydrogens (tertiary/aromatic N) is 2. The fourth-order valence-corrected chi connectivity index (χ4v) is 4.32. The first kappa shape index (κ1) is 25.2. The fraction of sp³-hybridized carbons (Fsp3) is 0.167. The molecule has 4 rings (SSSR count). The second-order valence-corrected chi connectivity index (χ2v) is 9.93. The number of esters is 1. The van der Waals surface area contributed by atoms with Crippen LogP contribution >= 0.6 is 0 Å². The highest BCUT2D eigenvalue weighted by molar-refractivity contribution is 7.90. The number of anilines is 2. The highest BCUT2D eigenvalue weighted by Crippen LogP contribution is 2.34. The van der Waals surface area contributed by atoms with Crippen LogP contribution in [0.15, 0.2) is 65.6 Å². The van der Waals surface area contributed by atoms with E-state index in [-0.39, 0.29) is 34.0 Å². The summed E-state index contributed by atoms with van der Waals surface area (Å²) in [5, 5.41) is 2.94. The summed E-state index contributed by atoms with van der Waals surface area (Å²) in [4.78, 5) is 16.4. The van der Waals surface area contributed by atoms with E-state index >= 15 is 0 Å². The average Bonchev–Trinajstić information content (AvgIpc) is 3.13. The SMILES string of the molecule is COC(=O)c1cc2c(cc1F)nc(Nc1ccc(S(C)(=O)=O)cc1)n2Cc1ccccc1C(F)(F)F. The molecule has 0 fully saturated rings. The summed E-state index contributed by atoms with van der Waals surface area (Å²) in [7, 11) is -2.36. The van der Waals surface area contributed by atoms with Gasteiger partial charge in [0.05, 0.1) is 40.7 Å². The Morgan fingerprint density at radius 3 is 2.36 bits per heavy atom. The standard InChI is InChI=1S/C24H19F4N3O4S/c1-35-22(32)17-11-21-20(12-19(17)25)30-23(29-15-7-9-16(10-8-15)36(2,33)34)31(21)13-14-5-3-4-6-18(14)24(26,27)28/h3-12H,13H2,1-2H3,(H,29,30). The number of aromatic nitrogens is 2. The molecule has 0 aliphatic carbocycles. The number of methoxy groups -OCH3 is 1. The fourth-order valence-electron chi connectivity index (χ4n) is 3.69. The van der Waals surface area contributed by atoms with Crippen molar-refractivity contribution in [3.05, 3.63) is 83.2 Å². The predicted molar refractivity (Wildman–Crippen MR) is 124 cm³/mol. The lowest BCUT2D eigenvalue weighted by Crippen LogP contribution is -2.13. The highest BCUT2D eigenvalue weighted by Gasteiger charge is 2.33. The number of rotatable bonds is 6. The molecule has 0 aliphatic heterocycles. The maximum atomic E-state index is 14.6. The number of hydrogen-bond donors (Lipinski definition) is 1. The summed E-state index contributed by atoms with van der Waals surface area (Å²) in [6.07, 6.45) is -3.56. The van der Waals surface area contributed by atoms with E-state index in [0.717, 1.165) is 31.6 Å². The Hall–Kier alpha value is -3.93. The van der Waals surface area contributed by atoms with Crippen LogP contribution in [0.3, 0.4) is 0 Å². The number of carbonyl (C=O) groups excluding carboxylic acids is 1. The second kappa shape index (κ2) is 9.26. The Balaban J connectivity index is 1.87. The Bertz CT molecular complexity index is 1560. The molecule has 0 unspecified atom stereocenters. The minimum atomic E-state index is -4.62. The van der Waals surface area contributed by atoms with Crippen molar-refractivity contribution in [1.29, 1.82) is 0 Å². The van der Waals surface area contributed by atoms with Crippen LogP contribution in [0.4, 0.5) is 29.2 Å². The number of hydrogen-bond acceptors (Lipinski definition) is 6. The van der Waals surface area contributed by atoms with Crippen LogP contribution in [0.1, 0.15) is 21.5 Å². The number of alkyl halides is 3. The van der Waals surface area contributed by atoms with E-state index in [1.807, 2.05) is 0 Å². The molecule has 0 amide bonds. The zero-order valence-electron chi connectivity index (χ0n) is 18.9. The number of carbonyl (C=O) groups is 1. The molecule has 0 radical (unpaired) electrons. The molecule has 0 bridgehead atoms. The van der Waals surface area contributed by atoms with Crippen molar-refractivity contribution < 1.29 is 35.5 Å². The first-order valence-corrected chi connectivity index (χ1v) is 12.3. The number of benzene rings is 3. The van der Waals surface area contributed by atoms with Gasteiger partial charge in [-0.25, -0.2) is 22.6 Å². The third-order valence-electron chi connectivity index (χ3n) is 5.43. The molecule has 36 heavy (non-hydrogen) atoms. The largest absolute Gasteiger partial charge is 0.465 e. The summed E-state index contributed by atoms with van der Waals surface area (Å²) < 4.78 is 84.9. The van der Waals surface area contributed by atoms with Crippen molar-refractivity contribution in [3.63, 3.8) is 0 Å². The summed E-state index contributed by atoms with van der Waals surface area (Å²) in [5.74, 6) is -1.81. The van der Waals surface area contributed by atoms with Crippen molar-refractivity contribution in [1.82, 2.24) is 9.55 Å². The number of fused-ring (bicyclic) bond motifs is 1. The van der Waals surface area contributed by atoms with E-state index in [4.69, 9.17) is 0 Å². The maximum absolute atomic E-state index is 14.6. The lowest BCUT2D eigenvalue weighted by atomic mass is 10.1. The first-order valence-electron chi connectivity index (χ1n) is 10.4. The number of nitrogens with one attached hydrogen (secondary N) is 1. The van der Waals surface area contributed by atoms with E-state index in [9.17, 15) is 30.8 Å². The van der Waals surface area contributed by atoms with Gasteiger partial charge in [0.25, 0.3) is 0 Å². The molecular formula is C24H19F4N3O4S. The van der Waals surface area contributed by atoms with Crippen LogP contribution < -0.4 is 5.32 Å². The molecule has 12 heteroatoms. The van der Waals surface area contributed by atoms with Gasteiger partial charge in [0, 0.05) is 18.0 Å². The van der Waals surface area contributed by atoms with E-state index in [0.29, 0.717) is 5.69 Å². The summed E-state index contributed by atoms with van der Waals surface area (Å²) in [6.45, 7) is -0.317. The lowest BCUT2D eigenvalue weighted by Gasteiger charge is -2.16. The van der Waals surface area contributed by atoms with Gasteiger partial charge in [-0.2, -0.15) is 13.2 Å². The van der Waals surface area contributed by atoms with Gasteiger partial charge in [-0.1, -0.05) is 18.2 Å². The van der Waals surface area contributed by atoms with Crippen LogP contribution in [-0.4, -0.2) is 37.3 Å². The number of ether oxygens (including phenoxy) is 1. The van der Waals surface area contributed by atoms with Gasteiger partial charge in [-0.15, -0.1) is 0 Å². The number of sulfone groups is 1. The minimum Gasteiger partial charge on any atom is -0.465 e. The summed E-state index contributed by atoms with van der Waals surface area (Å²) in [6, 6.07) is 12.8. The molecule has 1 N–H and O–H groups in total. The van der Waals surface area contributed by atoms with Crippen LogP contribution in [0, 0.1) is 5.82 Å². The average molecular weight is 521 g/mol. The Morgan fingerprint density at radius 1 is 1.08 bits per heavy atom. The lowest BCUT2D eigenvalue weighted by molar-refractivity contribution is -0.138. The third kappa shape index (κ3) is 5.03. The predicted octanol–water partition coefficient (Wildman–Crippen LogP) is 5.18. The van der Waals surface area contributed by atoms with Gasteiger partial charge < -0.3 is 14.6 Å². The van der Waals surface area contributed by atoms with Crippen molar-refractivity contribution >= 4 is 38.5 Å². The summed E-state index contributed by atoms with van der Waals surface area (Å²) in [5.41, 5.74) is -0.686. The Morgan fingerprint density at radius 2 is 1.75 bits per heavy atom. The minimum absolute atomic E-state index is 0.0514. The van der Waals surface area contributed by atoms with Crippen molar-refractivity contribution in [2.45, 2.75) is 17.6 Å². The van der Waals surface area contributed by atoms with Crippen LogP contribution in [0.2, 0.25) is 0 Å². The Labute approximate surface area is 203 Å². The quantitative estimate of drug-likeness (QED) is 0.278. The van der Waals surface area contributed by atoms with E-state index < -0.39 is 38.9 Å². The maximum Gasteiger partial charge on any atom is 0.416 e. The second-order valence-electron chi connectivity index (χ2n) is 7.91. The number of imidazole rings is 1. The number of halogens is 4. The van der Waals surface area contributed by atoms with Gasteiger partial charge in [0.2, 0.25) is 5.95 Å². The highest BCUT2D eigenvalue weighted by atomic mass is 32.2. The monoisotopic (exact) mass is 521 g/mol. The van der Waals surface area contributed by atoms with E-state index in [2.05, 4.69) is 15.0 Å². The van der Waals surface area contributed by atoms with Gasteiger partial charge in [-0.05, 0) is 42.0 Å². The molecule has 7 nitrogen and oxygen atoms in total. The molecule has 0 spiro atoms. The van der Waals surface area contributed by atoms with Crippen LogP contribution in [0.5, 0.6) is 0 Å². The van der Waals surface area contributed by atoms with Gasteiger partial charge in [0.15, 0.2) is 9.84 Å². The molecule has 0 saturated heterocycles. The van der Waals surface area contributed by atoms with Crippen LogP contribution in [-0.2, 0) is 27.3 Å². The topological polar surface area (TPSA) is 90.3 Å². The molecule has 1 heterocycles. The molecule has 0 atom stereocenters. The molecule has 1 aromatic heterocycles. The molecular weight excluding hydrogens is 502 g/mol. The van der Waals surface area contributed by atoms with Crippen molar-refractivity contribution in [2.24, 2.45) is 0 Å². The zero-order chi connectivity index (χ0) is 26.3. The van der Waals surface area contributed by atoms with Crippen molar-refractivity contribution in [2.75, 3.05) is 18.7 Å². The Kier molecular flexibility index (Phi) is 6.48. The molecule has 3 aromatic carbocycles. The molecule has 0 aliphatic rings. The smallest absolute Gasteiger partial charge is 0.416 e. The van der Waals surface area contributed by atoms with Gasteiger partial charge in [0.1, 0.15) is 5.82 Å². The van der Waals surface area contributed by atoms with Crippen LogP contribution in [0.25, 0.3) is 11.0 Å². The van der Waals surface area contributed by atoms with Gasteiger partial charge >= 0.3 is 12.1 Å². The van der Waals surface area contributed by atoms with E-state index in [1.165, 1.54) is 47.0 Å². The van der Waals surface area contributed by atoms with E-state index in [1.54, 1.807) is 0 Å².